The van der Waals surface area contributed by atoms with Crippen LogP contribution in [0.3, 0.4) is 0 Å². The van der Waals surface area contributed by atoms with Crippen LogP contribution >= 0.6 is 0 Å². The number of guanidine groups is 1. The van der Waals surface area contributed by atoms with Crippen LogP contribution in [0.5, 0.6) is 0 Å². The maximum absolute atomic E-state index is 5.85. The summed E-state index contributed by atoms with van der Waals surface area (Å²) in [4.78, 5) is 7.21. The molecular weight excluding hydrogens is 354 g/mol. The number of aliphatic imine (C=N–C) groups is 1. The van der Waals surface area contributed by atoms with Gasteiger partial charge < -0.3 is 24.4 Å². The first-order valence-electron chi connectivity index (χ1n) is 10.4. The molecule has 28 heavy (non-hydrogen) atoms. The zero-order valence-corrected chi connectivity index (χ0v) is 17.7. The molecular formula is C22H37N3O3. The van der Waals surface area contributed by atoms with E-state index in [0.717, 1.165) is 45.2 Å². The standard InChI is InChI=1S/C22H37N3O3/c1-4-23-22(25-11-10-21(15-25)18-27-13-12-26-3)24-14-19(2)16-28-17-20-8-6-5-7-9-20/h5-9,19,21H,4,10-18H2,1-3H3,(H,23,24). The van der Waals surface area contributed by atoms with Crippen LogP contribution in [-0.2, 0) is 20.8 Å². The maximum Gasteiger partial charge on any atom is 0.193 e. The molecule has 1 heterocycles. The molecule has 1 fully saturated rings. The first kappa shape index (κ1) is 22.7. The Morgan fingerprint density at radius 3 is 2.82 bits per heavy atom. The molecule has 1 N–H and O–H groups in total. The third-order valence-corrected chi connectivity index (χ3v) is 4.77. The number of methoxy groups -OCH3 is 1. The van der Waals surface area contributed by atoms with Crippen molar-refractivity contribution in [3.63, 3.8) is 0 Å². The number of hydrogen-bond acceptors (Lipinski definition) is 4. The third kappa shape index (κ3) is 8.59. The van der Waals surface area contributed by atoms with E-state index in [0.29, 0.717) is 38.3 Å². The first-order chi connectivity index (χ1) is 13.7. The summed E-state index contributed by atoms with van der Waals surface area (Å²) < 4.78 is 16.6. The van der Waals surface area contributed by atoms with E-state index < -0.39 is 0 Å². The van der Waals surface area contributed by atoms with Gasteiger partial charge in [0, 0.05) is 39.2 Å². The van der Waals surface area contributed by atoms with E-state index in [1.165, 1.54) is 5.56 Å². The molecule has 1 aromatic rings. The molecule has 0 spiro atoms. The zero-order valence-electron chi connectivity index (χ0n) is 17.7. The topological polar surface area (TPSA) is 55.3 Å². The Morgan fingerprint density at radius 2 is 2.07 bits per heavy atom. The zero-order chi connectivity index (χ0) is 20.0. The van der Waals surface area contributed by atoms with Crippen LogP contribution in [0, 0.1) is 11.8 Å². The molecule has 0 aliphatic carbocycles. The lowest BCUT2D eigenvalue weighted by Gasteiger charge is -2.22. The molecule has 0 radical (unpaired) electrons. The normalized spacial score (nSPS) is 18.5. The van der Waals surface area contributed by atoms with Gasteiger partial charge >= 0.3 is 0 Å². The van der Waals surface area contributed by atoms with E-state index in [4.69, 9.17) is 19.2 Å². The molecule has 2 atom stereocenters. The number of nitrogens with one attached hydrogen (secondary N) is 1. The molecule has 0 amide bonds. The molecule has 2 rings (SSSR count). The fourth-order valence-electron chi connectivity index (χ4n) is 3.23. The van der Waals surface area contributed by atoms with Crippen molar-refractivity contribution in [1.82, 2.24) is 10.2 Å². The van der Waals surface area contributed by atoms with E-state index in [1.54, 1.807) is 7.11 Å². The summed E-state index contributed by atoms with van der Waals surface area (Å²) in [6, 6.07) is 10.3. The summed E-state index contributed by atoms with van der Waals surface area (Å²) >= 11 is 0. The van der Waals surface area contributed by atoms with E-state index in [2.05, 4.69) is 36.2 Å². The molecule has 2 unspecified atom stereocenters. The molecule has 0 bridgehead atoms. The maximum atomic E-state index is 5.85. The summed E-state index contributed by atoms with van der Waals surface area (Å²) in [7, 11) is 1.70. The van der Waals surface area contributed by atoms with Gasteiger partial charge in [0.25, 0.3) is 0 Å². The van der Waals surface area contributed by atoms with Crippen molar-refractivity contribution in [3.05, 3.63) is 35.9 Å². The van der Waals surface area contributed by atoms with Crippen LogP contribution in [0.4, 0.5) is 0 Å². The minimum absolute atomic E-state index is 0.383. The summed E-state index contributed by atoms with van der Waals surface area (Å²) in [6.07, 6.45) is 1.15. The van der Waals surface area contributed by atoms with Crippen molar-refractivity contribution in [2.75, 3.05) is 59.7 Å². The molecule has 1 aromatic carbocycles. The lowest BCUT2D eigenvalue weighted by molar-refractivity contribution is 0.0536. The lowest BCUT2D eigenvalue weighted by atomic mass is 10.1. The molecule has 1 saturated heterocycles. The number of ether oxygens (including phenoxy) is 3. The Morgan fingerprint density at radius 1 is 1.25 bits per heavy atom. The van der Waals surface area contributed by atoms with Crippen molar-refractivity contribution in [1.29, 1.82) is 0 Å². The number of benzene rings is 1. The van der Waals surface area contributed by atoms with Gasteiger partial charge in [-0.15, -0.1) is 0 Å². The molecule has 6 heteroatoms. The highest BCUT2D eigenvalue weighted by Gasteiger charge is 2.25. The van der Waals surface area contributed by atoms with Crippen molar-refractivity contribution in [2.45, 2.75) is 26.9 Å². The summed E-state index contributed by atoms with van der Waals surface area (Å²) in [6.45, 7) is 11.5. The van der Waals surface area contributed by atoms with Crippen LogP contribution in [0.15, 0.2) is 35.3 Å². The molecule has 158 valence electrons. The second kappa shape index (κ2) is 13.5. The van der Waals surface area contributed by atoms with Crippen LogP contribution in [0.1, 0.15) is 25.8 Å². The van der Waals surface area contributed by atoms with Crippen molar-refractivity contribution >= 4 is 5.96 Å². The van der Waals surface area contributed by atoms with Gasteiger partial charge in [0.15, 0.2) is 5.96 Å². The number of rotatable bonds is 12. The Bertz CT molecular complexity index is 553. The van der Waals surface area contributed by atoms with Gasteiger partial charge in [0.1, 0.15) is 0 Å². The Kier molecular flexibility index (Phi) is 10.9. The predicted octanol–water partition coefficient (Wildman–Crippen LogP) is 2.79. The minimum atomic E-state index is 0.383. The van der Waals surface area contributed by atoms with Gasteiger partial charge in [-0.1, -0.05) is 37.3 Å². The Labute approximate surface area is 170 Å². The van der Waals surface area contributed by atoms with Crippen molar-refractivity contribution in [3.8, 4) is 0 Å². The monoisotopic (exact) mass is 391 g/mol. The lowest BCUT2D eigenvalue weighted by Crippen LogP contribution is -2.40. The Balaban J connectivity index is 1.72. The number of hydrogen-bond donors (Lipinski definition) is 1. The molecule has 1 aliphatic heterocycles. The fraction of sp³-hybridized carbons (Fsp3) is 0.682. The highest BCUT2D eigenvalue weighted by atomic mass is 16.5. The SMILES string of the molecule is CCNC(=NCC(C)COCc1ccccc1)N1CCC(COCCOC)C1. The summed E-state index contributed by atoms with van der Waals surface area (Å²) in [5.74, 6) is 1.96. The molecule has 0 aromatic heterocycles. The number of nitrogens with zero attached hydrogens (tertiary/aromatic N) is 2. The molecule has 6 nitrogen and oxygen atoms in total. The van der Waals surface area contributed by atoms with Crippen LogP contribution in [-0.4, -0.2) is 70.6 Å². The van der Waals surface area contributed by atoms with Gasteiger partial charge in [0.05, 0.1) is 33.0 Å². The van der Waals surface area contributed by atoms with E-state index in [1.807, 2.05) is 18.2 Å². The van der Waals surface area contributed by atoms with E-state index in [-0.39, 0.29) is 0 Å². The van der Waals surface area contributed by atoms with Gasteiger partial charge in [-0.25, -0.2) is 0 Å². The third-order valence-electron chi connectivity index (χ3n) is 4.77. The average Bonchev–Trinajstić information content (AvgIpc) is 3.18. The largest absolute Gasteiger partial charge is 0.382 e. The summed E-state index contributed by atoms with van der Waals surface area (Å²) in [5.41, 5.74) is 1.21. The van der Waals surface area contributed by atoms with E-state index >= 15 is 0 Å². The Hall–Kier alpha value is -1.63. The van der Waals surface area contributed by atoms with Crippen LogP contribution in [0.2, 0.25) is 0 Å². The quantitative estimate of drug-likeness (QED) is 0.337. The number of likely N-dealkylation sites (tertiary alicyclic amines) is 1. The highest BCUT2D eigenvalue weighted by Crippen LogP contribution is 2.17. The van der Waals surface area contributed by atoms with Crippen molar-refractivity contribution in [2.24, 2.45) is 16.8 Å². The highest BCUT2D eigenvalue weighted by molar-refractivity contribution is 5.80. The second-order valence-corrected chi connectivity index (χ2v) is 7.47. The first-order valence-corrected chi connectivity index (χ1v) is 10.4. The summed E-state index contributed by atoms with van der Waals surface area (Å²) in [5, 5.41) is 3.43. The second-order valence-electron chi connectivity index (χ2n) is 7.47. The minimum Gasteiger partial charge on any atom is -0.382 e. The van der Waals surface area contributed by atoms with Gasteiger partial charge in [-0.3, -0.25) is 4.99 Å². The van der Waals surface area contributed by atoms with Crippen LogP contribution in [0.25, 0.3) is 0 Å². The average molecular weight is 392 g/mol. The fourth-order valence-corrected chi connectivity index (χ4v) is 3.23. The van der Waals surface area contributed by atoms with Gasteiger partial charge in [0.2, 0.25) is 0 Å². The smallest absolute Gasteiger partial charge is 0.193 e. The van der Waals surface area contributed by atoms with Gasteiger partial charge in [-0.05, 0) is 24.8 Å². The van der Waals surface area contributed by atoms with Gasteiger partial charge in [-0.2, -0.15) is 0 Å². The van der Waals surface area contributed by atoms with Crippen LogP contribution < -0.4 is 5.32 Å². The molecule has 0 saturated carbocycles. The van der Waals surface area contributed by atoms with Crippen molar-refractivity contribution < 1.29 is 14.2 Å². The van der Waals surface area contributed by atoms with E-state index in [9.17, 15) is 0 Å². The molecule has 1 aliphatic rings. The predicted molar refractivity (Wildman–Crippen MR) is 114 cm³/mol.